The summed E-state index contributed by atoms with van der Waals surface area (Å²) in [5.74, 6) is -5.47. The fourth-order valence-corrected chi connectivity index (χ4v) is 9.33. The lowest BCUT2D eigenvalue weighted by atomic mass is 9.93. The molecule has 0 aromatic heterocycles. The molecule has 3 amide bonds. The zero-order valence-corrected chi connectivity index (χ0v) is 44.4. The third-order valence-electron chi connectivity index (χ3n) is 12.4. The highest BCUT2D eigenvalue weighted by Gasteiger charge is 2.29. The van der Waals surface area contributed by atoms with E-state index >= 15 is 0 Å². The van der Waals surface area contributed by atoms with Crippen LogP contribution in [-0.2, 0) is 46.5 Å². The number of ketones is 1. The van der Waals surface area contributed by atoms with Crippen LogP contribution >= 0.6 is 36.2 Å². The number of amides is 3. The first-order valence-electron chi connectivity index (χ1n) is 24.5. The van der Waals surface area contributed by atoms with Crippen LogP contribution in [0.2, 0.25) is 0 Å². The van der Waals surface area contributed by atoms with Crippen molar-refractivity contribution in [2.75, 3.05) is 114 Å². The van der Waals surface area contributed by atoms with Crippen molar-refractivity contribution < 1.29 is 58.8 Å². The number of carbonyl (C=O) groups is 8. The molecule has 0 saturated carbocycles. The van der Waals surface area contributed by atoms with E-state index < -0.39 is 47.8 Å². The van der Waals surface area contributed by atoms with Gasteiger partial charge in [0.2, 0.25) is 11.8 Å². The van der Waals surface area contributed by atoms with E-state index in [-0.39, 0.29) is 123 Å². The van der Waals surface area contributed by atoms with Gasteiger partial charge in [-0.2, -0.15) is 11.8 Å². The van der Waals surface area contributed by atoms with Crippen molar-refractivity contribution in [1.82, 2.24) is 40.4 Å². The van der Waals surface area contributed by atoms with E-state index in [1.807, 2.05) is 41.5 Å². The number of carboxylic acid groups (broad SMARTS) is 4. The number of anilines is 2. The molecule has 1 saturated heterocycles. The highest BCUT2D eigenvalue weighted by molar-refractivity contribution is 7.98. The number of aliphatic carboxylic acids is 4. The topological polar surface area (TPSA) is 294 Å². The maximum absolute atomic E-state index is 13.9. The maximum Gasteiger partial charge on any atom is 0.326 e. The molecule has 0 aliphatic carbocycles. The van der Waals surface area contributed by atoms with Crippen LogP contribution in [0, 0.1) is 0 Å². The van der Waals surface area contributed by atoms with Crippen LogP contribution in [-0.4, -0.2) is 218 Å². The lowest BCUT2D eigenvalue weighted by Gasteiger charge is -2.35. The number of hydrogen-bond donors (Lipinski definition) is 9. The number of carbonyl (C=O) groups excluding carboxylic acids is 4. The number of unbranched alkanes of at least 4 members (excludes halogenated alkanes) is 1. The normalized spacial score (nSPS) is 15.9. The lowest BCUT2D eigenvalue weighted by molar-refractivity contribution is -0.142. The predicted molar refractivity (Wildman–Crippen MR) is 289 cm³/mol. The molecule has 2 aromatic rings. The number of rotatable bonds is 26. The number of thioether (sulfide) groups is 1. The van der Waals surface area contributed by atoms with Crippen molar-refractivity contribution in [3.63, 3.8) is 0 Å². The van der Waals surface area contributed by atoms with E-state index in [1.54, 1.807) is 38.7 Å². The van der Waals surface area contributed by atoms with Crippen LogP contribution in [0.5, 0.6) is 0 Å². The molecule has 2 atom stereocenters. The standard InChI is InChI=1S/C49H70N10O12S3/c1-33(72)51-35-9-11-36(12-10-35)52-49(73)50-17-4-3-8-40(48(70)71)53-42(61)14-13-41(60)39(16-27-74-2)54-47(69)38-7-5-6-34-28-59(18-15-37(34)38)43(62)29-55-19-21-56(30-44(63)64)23-25-58(32-46(67)68)26-24-57(22-20-55)31-45(65)66/h5-7,9-12,39-40H,3-4,8,13-32H2,1-2H3,(H,51,72)(H,53,61)(H,54,69)(H,63,64)(H,65,66)(H,67,68)(H,70,71)(H2,50,52,73)/t39-,40-/m0/s1. The fourth-order valence-electron chi connectivity index (χ4n) is 8.52. The largest absolute Gasteiger partial charge is 0.480 e. The summed E-state index contributed by atoms with van der Waals surface area (Å²) in [5, 5.41) is 53.5. The zero-order chi connectivity index (χ0) is 54.2. The van der Waals surface area contributed by atoms with Crippen LogP contribution in [0.3, 0.4) is 0 Å². The number of nitrogens with zero attached hydrogens (tertiary/aromatic N) is 5. The predicted octanol–water partition coefficient (Wildman–Crippen LogP) is 1.73. The molecule has 0 spiro atoms. The summed E-state index contributed by atoms with van der Waals surface area (Å²) < 4.78 is 0. The molecular formula is C49H70N10O12S3. The summed E-state index contributed by atoms with van der Waals surface area (Å²) in [6.07, 6.45) is 3.22. The highest BCUT2D eigenvalue weighted by Crippen LogP contribution is 2.24. The van der Waals surface area contributed by atoms with Crippen molar-refractivity contribution in [3.8, 4) is 0 Å². The van der Waals surface area contributed by atoms with Crippen molar-refractivity contribution in [3.05, 3.63) is 59.2 Å². The van der Waals surface area contributed by atoms with Gasteiger partial charge in [-0.1, -0.05) is 24.4 Å². The highest BCUT2D eigenvalue weighted by atomic mass is 32.2. The Hall–Kier alpha value is -5.83. The van der Waals surface area contributed by atoms with E-state index in [2.05, 4.69) is 26.6 Å². The van der Waals surface area contributed by atoms with Crippen molar-refractivity contribution in [2.45, 2.75) is 70.5 Å². The summed E-state index contributed by atoms with van der Waals surface area (Å²) in [4.78, 5) is 111. The molecule has 1 fully saturated rings. The molecule has 25 heteroatoms. The van der Waals surface area contributed by atoms with E-state index in [9.17, 15) is 58.8 Å². The van der Waals surface area contributed by atoms with Crippen LogP contribution in [0.1, 0.15) is 66.9 Å². The average molecular weight is 1090 g/mol. The van der Waals surface area contributed by atoms with E-state index in [4.69, 9.17) is 24.4 Å². The number of benzene rings is 2. The molecule has 406 valence electrons. The second kappa shape index (κ2) is 31.8. The van der Waals surface area contributed by atoms with E-state index in [0.717, 1.165) is 22.5 Å². The Morgan fingerprint density at radius 1 is 0.649 bits per heavy atom. The molecular weight excluding hydrogens is 1020 g/mol. The smallest absolute Gasteiger partial charge is 0.326 e. The first kappa shape index (κ1) is 60.7. The molecule has 0 bridgehead atoms. The first-order chi connectivity index (χ1) is 35.3. The molecule has 2 aromatic carbocycles. The Balaban J connectivity index is 1.29. The number of thiocarbonyl (C=S) groups is 2. The minimum absolute atomic E-state index is 0.0338. The third-order valence-corrected chi connectivity index (χ3v) is 13.4. The second-order valence-corrected chi connectivity index (χ2v) is 20.2. The minimum atomic E-state index is -1.20. The third kappa shape index (κ3) is 22.3. The molecule has 9 N–H and O–H groups in total. The van der Waals surface area contributed by atoms with E-state index in [0.29, 0.717) is 53.6 Å². The van der Waals surface area contributed by atoms with Crippen LogP contribution < -0.4 is 26.6 Å². The first-order valence-corrected chi connectivity index (χ1v) is 26.7. The maximum atomic E-state index is 13.9. The van der Waals surface area contributed by atoms with Crippen LogP contribution in [0.15, 0.2) is 42.5 Å². The SMILES string of the molecule is CSCC[C@H](NC(=O)c1cccc2c1CCN(C(=O)CN1CCN(CC(=O)O)CCN(CC(=O)O)CCN(CC(=O)O)CC1)C2)C(=O)CCC(=O)N[C@@H](CCCCNC(=S)Nc1ccc(NC(C)=S)cc1)C(=O)O. The van der Waals surface area contributed by atoms with Crippen molar-refractivity contribution in [2.24, 2.45) is 0 Å². The molecule has 2 heterocycles. The van der Waals surface area contributed by atoms with Gasteiger partial charge in [0.15, 0.2) is 10.9 Å². The second-order valence-electron chi connectivity index (χ2n) is 18.2. The monoisotopic (exact) mass is 1090 g/mol. The van der Waals surface area contributed by atoms with Gasteiger partial charge in [-0.05, 0) is 105 Å². The molecule has 74 heavy (non-hydrogen) atoms. The van der Waals surface area contributed by atoms with Gasteiger partial charge in [0.05, 0.1) is 37.2 Å². The molecule has 2 aliphatic rings. The number of nitrogens with one attached hydrogen (secondary N) is 5. The molecule has 2 aliphatic heterocycles. The Bertz CT molecular complexity index is 2260. The van der Waals surface area contributed by atoms with Gasteiger partial charge in [0.25, 0.3) is 5.91 Å². The molecule has 4 rings (SSSR count). The van der Waals surface area contributed by atoms with Crippen molar-refractivity contribution in [1.29, 1.82) is 0 Å². The number of fused-ring (bicyclic) bond motifs is 1. The van der Waals surface area contributed by atoms with Gasteiger partial charge < -0.3 is 51.9 Å². The van der Waals surface area contributed by atoms with E-state index in [1.165, 1.54) is 11.8 Å². The Kier molecular flexibility index (Phi) is 26.1. The minimum Gasteiger partial charge on any atom is -0.480 e. The van der Waals surface area contributed by atoms with Gasteiger partial charge in [0.1, 0.15) is 6.04 Å². The fraction of sp³-hybridized carbons (Fsp3) is 0.551. The number of carboxylic acids is 4. The summed E-state index contributed by atoms with van der Waals surface area (Å²) in [7, 11) is 0. The van der Waals surface area contributed by atoms with Crippen LogP contribution in [0.4, 0.5) is 11.4 Å². The number of Topliss-reactive ketones (excluding diaryl/α,β-unsaturated/α-hetero) is 1. The quantitative estimate of drug-likeness (QED) is 0.0479. The average Bonchev–Trinajstić information content (AvgIpc) is 3.34. The summed E-state index contributed by atoms with van der Waals surface area (Å²) in [6.45, 7) is 3.96. The summed E-state index contributed by atoms with van der Waals surface area (Å²) in [6, 6.07) is 10.5. The molecule has 0 unspecified atom stereocenters. The van der Waals surface area contributed by atoms with Gasteiger partial charge in [-0.25, -0.2) is 4.79 Å². The molecule has 0 radical (unpaired) electrons. The Morgan fingerprint density at radius 2 is 1.19 bits per heavy atom. The van der Waals surface area contributed by atoms with Crippen molar-refractivity contribution >= 4 is 105 Å². The molecule has 22 nitrogen and oxygen atoms in total. The van der Waals surface area contributed by atoms with Gasteiger partial charge in [-0.3, -0.25) is 53.2 Å². The van der Waals surface area contributed by atoms with Gasteiger partial charge >= 0.3 is 23.9 Å². The lowest BCUT2D eigenvalue weighted by Crippen LogP contribution is -2.50. The van der Waals surface area contributed by atoms with Gasteiger partial charge in [0, 0.05) is 102 Å². The summed E-state index contributed by atoms with van der Waals surface area (Å²) in [5.41, 5.74) is 3.46. The Morgan fingerprint density at radius 3 is 1.70 bits per heavy atom. The van der Waals surface area contributed by atoms with Gasteiger partial charge in [-0.15, -0.1) is 0 Å². The zero-order valence-electron chi connectivity index (χ0n) is 42.0. The Labute approximate surface area is 446 Å². The summed E-state index contributed by atoms with van der Waals surface area (Å²) >= 11 is 11.9. The number of hydrogen-bond acceptors (Lipinski definition) is 15. The van der Waals surface area contributed by atoms with Crippen LogP contribution in [0.25, 0.3) is 0 Å².